The van der Waals surface area contributed by atoms with Crippen LogP contribution in [0.1, 0.15) is 0 Å². The smallest absolute Gasteiger partial charge is 0.744 e. The van der Waals surface area contributed by atoms with E-state index in [-0.39, 0.29) is 42.6 Å². The molecule has 5 aromatic carbocycles. The molecule has 202 valence electrons. The van der Waals surface area contributed by atoms with Gasteiger partial charge in [-0.15, -0.1) is 48.3 Å². The zero-order valence-electron chi connectivity index (χ0n) is 23.0. The Kier molecular flexibility index (Phi) is 7.23. The summed E-state index contributed by atoms with van der Waals surface area (Å²) in [4.78, 5) is 19.7. The van der Waals surface area contributed by atoms with Gasteiger partial charge in [0.05, 0.1) is 49.7 Å². The third-order valence-corrected chi connectivity index (χ3v) is 8.46. The number of aromatic nitrogens is 4. The van der Waals surface area contributed by atoms with Crippen LogP contribution in [0.3, 0.4) is 0 Å². The molecule has 0 fully saturated rings. The fraction of sp³-hybridized carbons (Fsp3) is 0. The number of fused-ring (bicyclic) bond motifs is 8. The van der Waals surface area contributed by atoms with Crippen LogP contribution in [0, 0.1) is 6.07 Å². The van der Waals surface area contributed by atoms with Crippen molar-refractivity contribution in [1.82, 2.24) is 19.9 Å². The molecule has 9 rings (SSSR count). The first-order valence-electron chi connectivity index (χ1n) is 12.5. The van der Waals surface area contributed by atoms with Gasteiger partial charge in [-0.25, -0.2) is 28.4 Å². The average Bonchev–Trinajstić information content (AvgIpc) is 3.43. The summed E-state index contributed by atoms with van der Waals surface area (Å²) in [5, 5.41) is 3.21. The van der Waals surface area contributed by atoms with Crippen LogP contribution in [0.4, 0.5) is 0 Å². The molecule has 2 aliphatic rings. The number of benzene rings is 5. The Labute approximate surface area is 274 Å². The van der Waals surface area contributed by atoms with Crippen molar-refractivity contribution in [1.29, 1.82) is 0 Å². The first kappa shape index (κ1) is 30.1. The molecule has 0 aliphatic heterocycles. The van der Waals surface area contributed by atoms with E-state index in [2.05, 4.69) is 12.1 Å². The topological polar surface area (TPSA) is 160 Å². The SMILES string of the molecule is O=S(=O)([O-])c1ccc2c3c(cccc13)-c1nc3cc4nc5c(nc4cc3nc1-2)-c1cccc2[c-]ccc-5c12.O=S(=O)=O.[Li+].[Li+]. The Hall–Kier alpha value is -3.98. The summed E-state index contributed by atoms with van der Waals surface area (Å²) in [6.07, 6.45) is 0. The fourth-order valence-corrected chi connectivity index (χ4v) is 6.68. The molecule has 2 aliphatic carbocycles. The molecule has 44 heavy (non-hydrogen) atoms. The van der Waals surface area contributed by atoms with E-state index in [9.17, 15) is 13.0 Å². The van der Waals surface area contributed by atoms with E-state index in [4.69, 9.17) is 32.6 Å². The van der Waals surface area contributed by atoms with Crippen molar-refractivity contribution in [2.24, 2.45) is 0 Å². The molecule has 0 atom stereocenters. The van der Waals surface area contributed by atoms with Crippen LogP contribution >= 0.6 is 0 Å². The van der Waals surface area contributed by atoms with Crippen LogP contribution in [0.15, 0.2) is 77.7 Å². The monoisotopic (exact) mass is 602 g/mol. The van der Waals surface area contributed by atoms with E-state index in [1.54, 1.807) is 18.2 Å². The van der Waals surface area contributed by atoms with Crippen molar-refractivity contribution < 1.29 is 63.3 Å². The second-order valence-electron chi connectivity index (χ2n) is 9.79. The molecule has 0 saturated heterocycles. The molecule has 2 heterocycles. The fourth-order valence-electron chi connectivity index (χ4n) is 6.01. The van der Waals surface area contributed by atoms with Crippen LogP contribution in [0.2, 0.25) is 0 Å². The predicted octanol–water partition coefficient (Wildman–Crippen LogP) is -1.12. The minimum atomic E-state index is -4.64. The van der Waals surface area contributed by atoms with Crippen LogP contribution in [-0.2, 0) is 20.7 Å². The van der Waals surface area contributed by atoms with Gasteiger partial charge in [-0.2, -0.15) is 0 Å². The standard InChI is InChI=1S/C30H13N4O3S.2Li.O3S/c35-38(36,37)24-11-10-19-26-15(24)6-3-9-18(26)29-30(19)34-23-13-21-20(12-22(23)33-29)31-27-16-7-1-4-14-5-2-8-17(25(14)16)28(27)32-21;;;1-4(2)3/h1-3,5-13H,(H,35,36,37);;;/q-1;2*+1;/p-1. The molecule has 0 unspecified atom stereocenters. The van der Waals surface area contributed by atoms with E-state index in [0.717, 1.165) is 44.4 Å². The Morgan fingerprint density at radius 2 is 1.07 bits per heavy atom. The Bertz CT molecular complexity index is 2520. The Balaban J connectivity index is 0.000000542. The maximum Gasteiger partial charge on any atom is 1.00 e. The second-order valence-corrected chi connectivity index (χ2v) is 11.5. The van der Waals surface area contributed by atoms with Crippen LogP contribution in [-0.4, -0.2) is 45.5 Å². The summed E-state index contributed by atoms with van der Waals surface area (Å²) in [5.41, 5.74) is 9.35. The summed E-state index contributed by atoms with van der Waals surface area (Å²) in [5.74, 6) is 0. The molecular weight excluding hydrogens is 590 g/mol. The van der Waals surface area contributed by atoms with Crippen LogP contribution in [0.25, 0.3) is 88.6 Å². The van der Waals surface area contributed by atoms with Gasteiger partial charge >= 0.3 is 48.3 Å². The van der Waals surface area contributed by atoms with E-state index < -0.39 is 20.7 Å². The first-order chi connectivity index (χ1) is 20.2. The Morgan fingerprint density at radius 3 is 1.59 bits per heavy atom. The number of nitrogens with zero attached hydrogens (tertiary/aromatic N) is 4. The quantitative estimate of drug-likeness (QED) is 0.0975. The van der Waals surface area contributed by atoms with Gasteiger partial charge in [0.2, 0.25) is 0 Å². The maximum atomic E-state index is 11.9. The van der Waals surface area contributed by atoms with Gasteiger partial charge in [0.1, 0.15) is 10.1 Å². The van der Waals surface area contributed by atoms with Crippen molar-refractivity contribution in [3.8, 4) is 45.0 Å². The van der Waals surface area contributed by atoms with Crippen molar-refractivity contribution in [2.45, 2.75) is 4.90 Å². The van der Waals surface area contributed by atoms with Crippen molar-refractivity contribution in [2.75, 3.05) is 0 Å². The zero-order valence-corrected chi connectivity index (χ0v) is 24.6. The summed E-state index contributed by atoms with van der Waals surface area (Å²) in [6, 6.07) is 25.4. The minimum absolute atomic E-state index is 0. The number of rotatable bonds is 1. The van der Waals surface area contributed by atoms with Gasteiger partial charge < -0.3 is 4.55 Å². The average molecular weight is 602 g/mol. The van der Waals surface area contributed by atoms with Crippen LogP contribution in [0.5, 0.6) is 0 Å². The third-order valence-electron chi connectivity index (χ3n) is 7.56. The zero-order chi connectivity index (χ0) is 28.9. The molecule has 0 amide bonds. The summed E-state index contributed by atoms with van der Waals surface area (Å²) < 4.78 is 61.1. The largest absolute Gasteiger partial charge is 1.00 e. The Morgan fingerprint density at radius 1 is 0.614 bits per heavy atom. The molecular formula is C30H12Li2N4O6S2. The summed E-state index contributed by atoms with van der Waals surface area (Å²) in [6.45, 7) is 0. The second kappa shape index (κ2) is 10.6. The molecule has 10 nitrogen and oxygen atoms in total. The molecule has 0 bridgehead atoms. The van der Waals surface area contributed by atoms with Gasteiger partial charge in [0, 0.05) is 21.9 Å². The molecule has 0 radical (unpaired) electrons. The molecule has 14 heteroatoms. The normalized spacial score (nSPS) is 11.8. The predicted molar refractivity (Wildman–Crippen MR) is 153 cm³/mol. The molecule has 7 aromatic rings. The number of hydrogen-bond acceptors (Lipinski definition) is 10. The van der Waals surface area contributed by atoms with E-state index >= 15 is 0 Å². The van der Waals surface area contributed by atoms with Gasteiger partial charge in [-0.1, -0.05) is 41.3 Å². The van der Waals surface area contributed by atoms with E-state index in [0.29, 0.717) is 44.2 Å². The van der Waals surface area contributed by atoms with Crippen molar-refractivity contribution >= 4 is 64.3 Å². The molecule has 0 N–H and O–H groups in total. The van der Waals surface area contributed by atoms with Gasteiger partial charge in [-0.3, -0.25) is 0 Å². The van der Waals surface area contributed by atoms with Gasteiger partial charge in [0.15, 0.2) is 0 Å². The molecule has 0 saturated carbocycles. The first-order valence-corrected chi connectivity index (χ1v) is 14.9. The summed E-state index contributed by atoms with van der Waals surface area (Å²) in [7, 11) is -7.75. The molecule has 0 spiro atoms. The molecule has 2 aromatic heterocycles. The van der Waals surface area contributed by atoms with E-state index in [1.807, 2.05) is 42.5 Å². The third kappa shape index (κ3) is 4.39. The van der Waals surface area contributed by atoms with Gasteiger partial charge in [0.25, 0.3) is 0 Å². The van der Waals surface area contributed by atoms with Crippen LogP contribution < -0.4 is 37.7 Å². The van der Waals surface area contributed by atoms with E-state index in [1.165, 1.54) is 6.07 Å². The number of hydrogen-bond donors (Lipinski definition) is 0. The van der Waals surface area contributed by atoms with Crippen molar-refractivity contribution in [3.63, 3.8) is 0 Å². The van der Waals surface area contributed by atoms with Crippen molar-refractivity contribution in [3.05, 3.63) is 78.9 Å². The summed E-state index contributed by atoms with van der Waals surface area (Å²) >= 11 is 0. The maximum absolute atomic E-state index is 11.9. The minimum Gasteiger partial charge on any atom is -0.744 e. The van der Waals surface area contributed by atoms with Gasteiger partial charge in [-0.05, 0) is 23.8 Å².